The molecule has 0 spiro atoms. The van der Waals surface area contributed by atoms with Gasteiger partial charge < -0.3 is 20.4 Å². The zero-order chi connectivity index (χ0) is 33.8. The number of benzene rings is 3. The molecule has 1 heterocycles. The molecular weight excluding hydrogens is 605 g/mol. The van der Waals surface area contributed by atoms with Crippen molar-refractivity contribution in [2.45, 2.75) is 98.2 Å². The number of rotatable bonds is 7. The lowest BCUT2D eigenvalue weighted by atomic mass is 9.80. The number of phenols is 2. The van der Waals surface area contributed by atoms with Gasteiger partial charge in [-0.05, 0) is 120 Å². The molecule has 0 saturated carbocycles. The van der Waals surface area contributed by atoms with Gasteiger partial charge in [0.2, 0.25) is 0 Å². The monoisotopic (exact) mass is 648 g/mol. The van der Waals surface area contributed by atoms with Crippen molar-refractivity contribution in [3.8, 4) is 11.5 Å². The van der Waals surface area contributed by atoms with Crippen molar-refractivity contribution in [1.82, 2.24) is 0 Å². The first-order chi connectivity index (χ1) is 20.7. The van der Waals surface area contributed by atoms with Crippen LogP contribution in [0.3, 0.4) is 0 Å². The average molecular weight is 649 g/mol. The van der Waals surface area contributed by atoms with Crippen LogP contribution in [0.25, 0.3) is 4.91 Å². The lowest BCUT2D eigenvalue weighted by Gasteiger charge is -2.26. The maximum absolute atomic E-state index is 12.4. The Balaban J connectivity index is 1.95. The van der Waals surface area contributed by atoms with E-state index in [1.165, 1.54) is 29.0 Å². The van der Waals surface area contributed by atoms with Crippen LogP contribution in [-0.4, -0.2) is 37.6 Å². The third-order valence-electron chi connectivity index (χ3n) is 8.84. The summed E-state index contributed by atoms with van der Waals surface area (Å²) < 4.78 is 0. The third-order valence-corrected chi connectivity index (χ3v) is 11.8. The molecule has 0 saturated heterocycles. The van der Waals surface area contributed by atoms with E-state index in [4.69, 9.17) is 0 Å². The van der Waals surface area contributed by atoms with Crippen molar-refractivity contribution in [3.63, 3.8) is 0 Å². The summed E-state index contributed by atoms with van der Waals surface area (Å²) in [5.41, 5.74) is 8.40. The van der Waals surface area contributed by atoms with Gasteiger partial charge in [0.05, 0.1) is 11.1 Å². The zero-order valence-corrected chi connectivity index (χ0v) is 29.4. The highest BCUT2D eigenvalue weighted by Gasteiger charge is 2.34. The Labute approximate surface area is 274 Å². The Morgan fingerprint density at radius 1 is 0.756 bits per heavy atom. The number of hydrogen-bond donors (Lipinski definition) is 4. The summed E-state index contributed by atoms with van der Waals surface area (Å²) in [4.78, 5) is 25.1. The predicted octanol–water partition coefficient (Wildman–Crippen LogP) is 9.28. The molecule has 0 aromatic heterocycles. The molecule has 4 rings (SSSR count). The summed E-state index contributed by atoms with van der Waals surface area (Å²) in [7, 11) is 3.08. The number of carboxylic acids is 2. The van der Waals surface area contributed by atoms with Gasteiger partial charge in [-0.25, -0.2) is 9.59 Å². The summed E-state index contributed by atoms with van der Waals surface area (Å²) in [6.45, 7) is 20.4. The number of aromatic hydroxyl groups is 2. The van der Waals surface area contributed by atoms with Crippen LogP contribution < -0.4 is 0 Å². The summed E-state index contributed by atoms with van der Waals surface area (Å²) in [6, 6.07) is 8.24. The second kappa shape index (κ2) is 12.4. The number of carbonyl (C=O) groups is 2. The van der Waals surface area contributed by atoms with Gasteiger partial charge in [0.25, 0.3) is 0 Å². The largest absolute Gasteiger partial charge is 0.507 e. The molecule has 45 heavy (non-hydrogen) atoms. The summed E-state index contributed by atoms with van der Waals surface area (Å²) in [5, 5.41) is 42.3. The molecule has 0 amide bonds. The van der Waals surface area contributed by atoms with E-state index < -0.39 is 11.9 Å². The van der Waals surface area contributed by atoms with E-state index in [9.17, 15) is 30.0 Å². The second-order valence-electron chi connectivity index (χ2n) is 14.2. The topological polar surface area (TPSA) is 115 Å². The molecule has 0 fully saturated rings. The third kappa shape index (κ3) is 6.77. The molecule has 1 atom stereocenters. The SMILES string of the molecule is Cc1cc(C(C)(C)C)c(O)c(C)c1CC1=C(c2cc(C(=O)O)ccc2C(=O)O)SSC1Cc1c(C)cc(C(C)(C)C)c(O)c1C. The van der Waals surface area contributed by atoms with E-state index in [2.05, 4.69) is 54.5 Å². The molecule has 1 aliphatic heterocycles. The molecule has 1 unspecified atom stereocenters. The fourth-order valence-corrected chi connectivity index (χ4v) is 9.31. The molecule has 0 radical (unpaired) electrons. The summed E-state index contributed by atoms with van der Waals surface area (Å²) in [5.74, 6) is -1.70. The van der Waals surface area contributed by atoms with E-state index >= 15 is 0 Å². The van der Waals surface area contributed by atoms with Crippen LogP contribution in [-0.2, 0) is 23.7 Å². The maximum atomic E-state index is 12.4. The van der Waals surface area contributed by atoms with Gasteiger partial charge in [-0.1, -0.05) is 75.3 Å². The van der Waals surface area contributed by atoms with Crippen molar-refractivity contribution < 1.29 is 30.0 Å². The molecule has 1 aliphatic rings. The standard InChI is InChI=1S/C37H44O6S2/c1-18-13-28(36(5,6)7)31(38)20(3)24(18)16-27-30(17-25-19(2)14-29(37(8,9)10)32(39)21(25)4)44-45-33(27)26-15-22(34(40)41)11-12-23(26)35(42)43/h11-15,30,38-39H,16-17H2,1-10H3,(H,40,41)(H,42,43). The van der Waals surface area contributed by atoms with Crippen molar-refractivity contribution in [1.29, 1.82) is 0 Å². The molecule has 3 aromatic rings. The number of phenolic OH excluding ortho intramolecular Hbond substituents is 2. The van der Waals surface area contributed by atoms with Crippen molar-refractivity contribution >= 4 is 38.4 Å². The van der Waals surface area contributed by atoms with Crippen LogP contribution in [0.4, 0.5) is 0 Å². The number of hydrogen-bond acceptors (Lipinski definition) is 6. The van der Waals surface area contributed by atoms with Crippen LogP contribution in [0, 0.1) is 27.7 Å². The normalized spacial score (nSPS) is 15.6. The quantitative estimate of drug-likeness (QED) is 0.187. The Morgan fingerprint density at radius 2 is 1.27 bits per heavy atom. The molecule has 0 bridgehead atoms. The van der Waals surface area contributed by atoms with E-state index in [1.807, 2.05) is 26.8 Å². The minimum Gasteiger partial charge on any atom is -0.507 e. The van der Waals surface area contributed by atoms with E-state index in [0.29, 0.717) is 24.2 Å². The van der Waals surface area contributed by atoms with Crippen LogP contribution >= 0.6 is 21.6 Å². The maximum Gasteiger partial charge on any atom is 0.336 e. The molecular formula is C37H44O6S2. The van der Waals surface area contributed by atoms with Gasteiger partial charge in [0, 0.05) is 15.7 Å². The second-order valence-corrected chi connectivity index (χ2v) is 16.6. The van der Waals surface area contributed by atoms with Crippen LogP contribution in [0.5, 0.6) is 11.5 Å². The van der Waals surface area contributed by atoms with Gasteiger partial charge in [0.1, 0.15) is 11.5 Å². The first-order valence-electron chi connectivity index (χ1n) is 15.1. The van der Waals surface area contributed by atoms with E-state index in [1.54, 1.807) is 10.8 Å². The Morgan fingerprint density at radius 3 is 1.76 bits per heavy atom. The Bertz CT molecular complexity index is 1740. The Hall–Kier alpha value is -3.36. The molecule has 3 aromatic carbocycles. The van der Waals surface area contributed by atoms with Crippen LogP contribution in [0.15, 0.2) is 35.9 Å². The van der Waals surface area contributed by atoms with Crippen LogP contribution in [0.2, 0.25) is 0 Å². The smallest absolute Gasteiger partial charge is 0.336 e. The highest BCUT2D eigenvalue weighted by molar-refractivity contribution is 8.80. The molecule has 0 aliphatic carbocycles. The lowest BCUT2D eigenvalue weighted by Crippen LogP contribution is -2.17. The highest BCUT2D eigenvalue weighted by Crippen LogP contribution is 2.55. The van der Waals surface area contributed by atoms with Gasteiger partial charge in [-0.2, -0.15) is 0 Å². The summed E-state index contributed by atoms with van der Waals surface area (Å²) in [6.07, 6.45) is 1.05. The van der Waals surface area contributed by atoms with Gasteiger partial charge >= 0.3 is 11.9 Å². The number of carboxylic acid groups (broad SMARTS) is 2. The first-order valence-corrected chi connectivity index (χ1v) is 17.3. The Kier molecular flexibility index (Phi) is 9.54. The molecule has 8 heteroatoms. The minimum atomic E-state index is -1.13. The predicted molar refractivity (Wildman–Crippen MR) is 186 cm³/mol. The highest BCUT2D eigenvalue weighted by atomic mass is 33.1. The summed E-state index contributed by atoms with van der Waals surface area (Å²) >= 11 is 0. The fourth-order valence-electron chi connectivity index (χ4n) is 6.12. The van der Waals surface area contributed by atoms with E-state index in [0.717, 1.165) is 55.0 Å². The van der Waals surface area contributed by atoms with Crippen LogP contribution in [0.1, 0.15) is 112 Å². The van der Waals surface area contributed by atoms with Crippen molar-refractivity contribution in [2.24, 2.45) is 0 Å². The molecule has 4 N–H and O–H groups in total. The molecule has 240 valence electrons. The number of aromatic carboxylic acids is 2. The average Bonchev–Trinajstić information content (AvgIpc) is 3.33. The molecule has 6 nitrogen and oxygen atoms in total. The van der Waals surface area contributed by atoms with Crippen molar-refractivity contribution in [3.05, 3.63) is 97.1 Å². The van der Waals surface area contributed by atoms with Gasteiger partial charge in [-0.15, -0.1) is 0 Å². The first kappa shape index (κ1) is 34.5. The zero-order valence-electron chi connectivity index (χ0n) is 27.8. The fraction of sp³-hybridized carbons (Fsp3) is 0.405. The minimum absolute atomic E-state index is 0.0183. The van der Waals surface area contributed by atoms with E-state index in [-0.39, 0.29) is 33.0 Å². The van der Waals surface area contributed by atoms with Gasteiger partial charge in [0.15, 0.2) is 0 Å². The lowest BCUT2D eigenvalue weighted by molar-refractivity contribution is 0.0681. The van der Waals surface area contributed by atoms with Gasteiger partial charge in [-0.3, -0.25) is 0 Å². The van der Waals surface area contributed by atoms with Crippen molar-refractivity contribution in [2.75, 3.05) is 0 Å². The number of aryl methyl sites for hydroxylation is 2.